The van der Waals surface area contributed by atoms with Crippen molar-refractivity contribution in [1.82, 2.24) is 4.98 Å². The highest BCUT2D eigenvalue weighted by atomic mass is 79.9. The molecule has 1 aromatic rings. The van der Waals surface area contributed by atoms with Gasteiger partial charge >= 0.3 is 0 Å². The predicted molar refractivity (Wildman–Crippen MR) is 58.8 cm³/mol. The van der Waals surface area contributed by atoms with E-state index in [0.717, 1.165) is 10.3 Å². The summed E-state index contributed by atoms with van der Waals surface area (Å²) < 4.78 is 0.871. The number of hydrogen-bond donors (Lipinski definition) is 1. The van der Waals surface area contributed by atoms with Crippen molar-refractivity contribution < 1.29 is 0 Å². The summed E-state index contributed by atoms with van der Waals surface area (Å²) in [7, 11) is 0. The predicted octanol–water partition coefficient (Wildman–Crippen LogP) is 2.68. The van der Waals surface area contributed by atoms with E-state index < -0.39 is 0 Å². The minimum Gasteiger partial charge on any atom is -0.322 e. The first-order valence-corrected chi connectivity index (χ1v) is 4.95. The topological polar surface area (TPSA) is 38.9 Å². The summed E-state index contributed by atoms with van der Waals surface area (Å²) >= 11 is 3.33. The highest BCUT2D eigenvalue weighted by molar-refractivity contribution is 9.10. The monoisotopic (exact) mass is 262 g/mol. The van der Waals surface area contributed by atoms with E-state index in [1.165, 1.54) is 12.8 Å². The molecule has 1 atom stereocenters. The van der Waals surface area contributed by atoms with Crippen molar-refractivity contribution in [2.45, 2.75) is 18.9 Å². The number of pyridine rings is 1. The van der Waals surface area contributed by atoms with Gasteiger partial charge in [0.05, 0.1) is 5.69 Å². The normalized spacial score (nSPS) is 17.7. The maximum atomic E-state index is 5.99. The van der Waals surface area contributed by atoms with Crippen LogP contribution in [0.2, 0.25) is 0 Å². The van der Waals surface area contributed by atoms with Crippen LogP contribution in [0.3, 0.4) is 0 Å². The second-order valence-corrected chi connectivity index (χ2v) is 4.06. The molecule has 1 fully saturated rings. The standard InChI is InChI=1S/C9H11BrN2.ClH/c10-8-3-1-2-7(12-8)9(11)6-4-5-6;/h1-3,6,9H,4-5,11H2;1H/t9-;/m0./s1. The van der Waals surface area contributed by atoms with Gasteiger partial charge in [-0.05, 0) is 46.8 Å². The van der Waals surface area contributed by atoms with Gasteiger partial charge in [-0.1, -0.05) is 6.07 Å². The van der Waals surface area contributed by atoms with E-state index in [0.29, 0.717) is 5.92 Å². The van der Waals surface area contributed by atoms with E-state index in [4.69, 9.17) is 5.73 Å². The van der Waals surface area contributed by atoms with Crippen LogP contribution in [-0.2, 0) is 0 Å². The van der Waals surface area contributed by atoms with Gasteiger partial charge in [0.1, 0.15) is 4.60 Å². The van der Waals surface area contributed by atoms with Crippen LogP contribution >= 0.6 is 28.3 Å². The summed E-state index contributed by atoms with van der Waals surface area (Å²) in [6.07, 6.45) is 2.52. The molecule has 0 aromatic carbocycles. The van der Waals surface area contributed by atoms with Crippen LogP contribution in [0.25, 0.3) is 0 Å². The molecule has 0 spiro atoms. The van der Waals surface area contributed by atoms with Gasteiger partial charge in [0.2, 0.25) is 0 Å². The van der Waals surface area contributed by atoms with E-state index in [9.17, 15) is 0 Å². The minimum absolute atomic E-state index is 0. The number of nitrogens with zero attached hydrogens (tertiary/aromatic N) is 1. The van der Waals surface area contributed by atoms with Crippen LogP contribution in [0.15, 0.2) is 22.8 Å². The third kappa shape index (κ3) is 2.66. The SMILES string of the molecule is Cl.N[C@H](c1cccc(Br)n1)C1CC1. The smallest absolute Gasteiger partial charge is 0.106 e. The zero-order chi connectivity index (χ0) is 8.55. The lowest BCUT2D eigenvalue weighted by Gasteiger charge is -2.08. The van der Waals surface area contributed by atoms with Crippen LogP contribution in [-0.4, -0.2) is 4.98 Å². The van der Waals surface area contributed by atoms with Crippen LogP contribution in [0, 0.1) is 5.92 Å². The number of nitrogens with two attached hydrogens (primary N) is 1. The molecular weight excluding hydrogens is 251 g/mol. The lowest BCUT2D eigenvalue weighted by Crippen LogP contribution is -2.13. The minimum atomic E-state index is 0. The molecule has 2 N–H and O–H groups in total. The van der Waals surface area contributed by atoms with Crippen LogP contribution in [0.4, 0.5) is 0 Å². The molecule has 0 aliphatic heterocycles. The van der Waals surface area contributed by atoms with Gasteiger partial charge in [-0.3, -0.25) is 0 Å². The molecule has 0 amide bonds. The molecule has 0 bridgehead atoms. The highest BCUT2D eigenvalue weighted by Crippen LogP contribution is 2.38. The van der Waals surface area contributed by atoms with Gasteiger partial charge in [-0.15, -0.1) is 12.4 Å². The third-order valence-electron chi connectivity index (χ3n) is 2.21. The van der Waals surface area contributed by atoms with Crippen molar-refractivity contribution >= 4 is 28.3 Å². The molecule has 2 rings (SSSR count). The Morgan fingerprint density at radius 2 is 2.15 bits per heavy atom. The Morgan fingerprint density at radius 3 is 2.69 bits per heavy atom. The zero-order valence-corrected chi connectivity index (χ0v) is 9.51. The molecule has 4 heteroatoms. The zero-order valence-electron chi connectivity index (χ0n) is 7.11. The fraction of sp³-hybridized carbons (Fsp3) is 0.444. The Morgan fingerprint density at radius 1 is 1.46 bits per heavy atom. The molecule has 1 aliphatic carbocycles. The first-order chi connectivity index (χ1) is 5.77. The molecule has 0 unspecified atom stereocenters. The Bertz CT molecular complexity index is 289. The summed E-state index contributed by atoms with van der Waals surface area (Å²) in [5, 5.41) is 0. The first kappa shape index (κ1) is 11.0. The Kier molecular flexibility index (Phi) is 3.71. The van der Waals surface area contributed by atoms with Crippen molar-refractivity contribution in [2.24, 2.45) is 11.7 Å². The fourth-order valence-corrected chi connectivity index (χ4v) is 1.66. The Hall–Kier alpha value is -0.120. The molecule has 2 nitrogen and oxygen atoms in total. The fourth-order valence-electron chi connectivity index (χ4n) is 1.31. The number of halogens is 2. The second kappa shape index (κ2) is 4.40. The Balaban J connectivity index is 0.000000845. The molecule has 72 valence electrons. The van der Waals surface area contributed by atoms with E-state index in [1.807, 2.05) is 18.2 Å². The van der Waals surface area contributed by atoms with Crippen molar-refractivity contribution in [2.75, 3.05) is 0 Å². The van der Waals surface area contributed by atoms with Crippen molar-refractivity contribution in [3.63, 3.8) is 0 Å². The number of aromatic nitrogens is 1. The first-order valence-electron chi connectivity index (χ1n) is 4.15. The van der Waals surface area contributed by atoms with Gasteiger partial charge in [0, 0.05) is 6.04 Å². The van der Waals surface area contributed by atoms with E-state index in [2.05, 4.69) is 20.9 Å². The molecule has 1 saturated carbocycles. The molecule has 1 aromatic heterocycles. The highest BCUT2D eigenvalue weighted by Gasteiger charge is 2.30. The summed E-state index contributed by atoms with van der Waals surface area (Å²) in [5.74, 6) is 0.673. The summed E-state index contributed by atoms with van der Waals surface area (Å²) in [6.45, 7) is 0. The molecule has 0 radical (unpaired) electrons. The molecule has 13 heavy (non-hydrogen) atoms. The number of rotatable bonds is 2. The summed E-state index contributed by atoms with van der Waals surface area (Å²) in [6, 6.07) is 6.04. The number of hydrogen-bond acceptors (Lipinski definition) is 2. The van der Waals surface area contributed by atoms with Crippen molar-refractivity contribution in [3.05, 3.63) is 28.5 Å². The van der Waals surface area contributed by atoms with Crippen LogP contribution in [0.5, 0.6) is 0 Å². The molecule has 1 heterocycles. The molecular formula is C9H12BrClN2. The second-order valence-electron chi connectivity index (χ2n) is 3.25. The van der Waals surface area contributed by atoms with Gasteiger partial charge in [-0.25, -0.2) is 4.98 Å². The molecule has 1 aliphatic rings. The van der Waals surface area contributed by atoms with Crippen LogP contribution < -0.4 is 5.73 Å². The van der Waals surface area contributed by atoms with Gasteiger partial charge < -0.3 is 5.73 Å². The van der Waals surface area contributed by atoms with Crippen LogP contribution in [0.1, 0.15) is 24.6 Å². The lowest BCUT2D eigenvalue weighted by atomic mass is 10.1. The average molecular weight is 264 g/mol. The maximum absolute atomic E-state index is 5.99. The third-order valence-corrected chi connectivity index (χ3v) is 2.65. The quantitative estimate of drug-likeness (QED) is 0.833. The van der Waals surface area contributed by atoms with E-state index in [-0.39, 0.29) is 18.4 Å². The lowest BCUT2D eigenvalue weighted by molar-refractivity contribution is 0.613. The van der Waals surface area contributed by atoms with Crippen molar-refractivity contribution in [1.29, 1.82) is 0 Å². The van der Waals surface area contributed by atoms with Gasteiger partial charge in [-0.2, -0.15) is 0 Å². The van der Waals surface area contributed by atoms with E-state index >= 15 is 0 Å². The van der Waals surface area contributed by atoms with Crippen molar-refractivity contribution in [3.8, 4) is 0 Å². The summed E-state index contributed by atoms with van der Waals surface area (Å²) in [4.78, 5) is 4.33. The van der Waals surface area contributed by atoms with Gasteiger partial charge in [0.15, 0.2) is 0 Å². The largest absolute Gasteiger partial charge is 0.322 e. The van der Waals surface area contributed by atoms with E-state index in [1.54, 1.807) is 0 Å². The summed E-state index contributed by atoms with van der Waals surface area (Å²) in [5.41, 5.74) is 6.99. The Labute approximate surface area is 92.5 Å². The average Bonchev–Trinajstić information content (AvgIpc) is 2.85. The van der Waals surface area contributed by atoms with Gasteiger partial charge in [0.25, 0.3) is 0 Å². The molecule has 0 saturated heterocycles. The maximum Gasteiger partial charge on any atom is 0.106 e.